The molecule has 0 bridgehead atoms. The van der Waals surface area contributed by atoms with Crippen molar-refractivity contribution in [3.8, 4) is 0 Å². The number of primary amides is 1. The highest BCUT2D eigenvalue weighted by atomic mass is 16.1. The van der Waals surface area contributed by atoms with E-state index in [0.29, 0.717) is 5.57 Å². The van der Waals surface area contributed by atoms with E-state index in [-0.39, 0.29) is 0 Å². The van der Waals surface area contributed by atoms with Gasteiger partial charge >= 0.3 is 0 Å². The maximum Gasteiger partial charge on any atom is 0.244 e. The zero-order valence-electron chi connectivity index (χ0n) is 14.1. The van der Waals surface area contributed by atoms with Gasteiger partial charge in [0.25, 0.3) is 0 Å². The van der Waals surface area contributed by atoms with Crippen molar-refractivity contribution in [3.05, 3.63) is 96.1 Å². The molecule has 0 spiro atoms. The summed E-state index contributed by atoms with van der Waals surface area (Å²) in [6, 6.07) is 28.5. The van der Waals surface area contributed by atoms with Crippen LogP contribution in [0, 0.1) is 0 Å². The van der Waals surface area contributed by atoms with Crippen molar-refractivity contribution in [2.45, 2.75) is 6.92 Å². The van der Waals surface area contributed by atoms with Gasteiger partial charge in [0.2, 0.25) is 5.91 Å². The highest BCUT2D eigenvalue weighted by Gasteiger charge is 2.11. The van der Waals surface area contributed by atoms with Crippen LogP contribution in [0.5, 0.6) is 0 Å². The summed E-state index contributed by atoms with van der Waals surface area (Å²) in [4.78, 5) is 13.4. The van der Waals surface area contributed by atoms with Gasteiger partial charge in [0, 0.05) is 22.6 Å². The van der Waals surface area contributed by atoms with Gasteiger partial charge in [-0.15, -0.1) is 0 Å². The molecule has 0 radical (unpaired) electrons. The summed E-state index contributed by atoms with van der Waals surface area (Å²) in [5.41, 5.74) is 10.0. The lowest BCUT2D eigenvalue weighted by Crippen LogP contribution is -2.11. The minimum absolute atomic E-state index is 0.403. The number of amides is 1. The highest BCUT2D eigenvalue weighted by molar-refractivity contribution is 5.96. The van der Waals surface area contributed by atoms with Gasteiger partial charge < -0.3 is 10.6 Å². The van der Waals surface area contributed by atoms with Crippen LogP contribution >= 0.6 is 0 Å². The van der Waals surface area contributed by atoms with Crippen LogP contribution in [-0.4, -0.2) is 5.91 Å². The van der Waals surface area contributed by atoms with Gasteiger partial charge in [-0.2, -0.15) is 0 Å². The molecule has 3 aromatic carbocycles. The van der Waals surface area contributed by atoms with Crippen LogP contribution in [0.15, 0.2) is 90.5 Å². The number of nitrogens with two attached hydrogens (primary N) is 1. The molecular formula is C22H20N2O. The average Bonchev–Trinajstić information content (AvgIpc) is 2.65. The summed E-state index contributed by atoms with van der Waals surface area (Å²) < 4.78 is 0. The largest absolute Gasteiger partial charge is 0.366 e. The zero-order valence-corrected chi connectivity index (χ0v) is 14.1. The molecule has 0 aliphatic rings. The van der Waals surface area contributed by atoms with E-state index in [1.165, 1.54) is 0 Å². The first-order valence-electron chi connectivity index (χ1n) is 8.13. The Labute approximate surface area is 148 Å². The summed E-state index contributed by atoms with van der Waals surface area (Å²) in [5, 5.41) is 0. The summed E-state index contributed by atoms with van der Waals surface area (Å²) >= 11 is 0. The van der Waals surface area contributed by atoms with Crippen LogP contribution < -0.4 is 10.6 Å². The number of benzene rings is 3. The predicted octanol–water partition coefficient (Wildman–Crippen LogP) is 5.05. The Hall–Kier alpha value is -3.33. The summed E-state index contributed by atoms with van der Waals surface area (Å²) in [6.07, 6.45) is 1.79. The molecule has 3 aromatic rings. The molecule has 0 heterocycles. The SMILES string of the molecule is CC(=Cc1ccc(N(c2ccccc2)c2ccccc2)cc1)C(N)=O. The third-order valence-electron chi connectivity index (χ3n) is 3.95. The third-order valence-corrected chi connectivity index (χ3v) is 3.95. The van der Waals surface area contributed by atoms with E-state index >= 15 is 0 Å². The van der Waals surface area contributed by atoms with E-state index < -0.39 is 5.91 Å². The highest BCUT2D eigenvalue weighted by Crippen LogP contribution is 2.34. The van der Waals surface area contributed by atoms with E-state index in [0.717, 1.165) is 22.6 Å². The van der Waals surface area contributed by atoms with E-state index in [1.807, 2.05) is 60.7 Å². The maximum atomic E-state index is 11.2. The second kappa shape index (κ2) is 7.49. The molecule has 0 atom stereocenters. The van der Waals surface area contributed by atoms with Gasteiger partial charge in [-0.05, 0) is 55.0 Å². The van der Waals surface area contributed by atoms with Gasteiger partial charge in [-0.1, -0.05) is 48.5 Å². The van der Waals surface area contributed by atoms with Gasteiger partial charge in [0.05, 0.1) is 0 Å². The smallest absolute Gasteiger partial charge is 0.244 e. The monoisotopic (exact) mass is 328 g/mol. The fourth-order valence-corrected chi connectivity index (χ4v) is 2.64. The normalized spacial score (nSPS) is 11.2. The zero-order chi connectivity index (χ0) is 17.6. The topological polar surface area (TPSA) is 46.3 Å². The van der Waals surface area contributed by atoms with Crippen LogP contribution in [0.1, 0.15) is 12.5 Å². The van der Waals surface area contributed by atoms with E-state index in [9.17, 15) is 4.79 Å². The Morgan fingerprint density at radius 3 is 1.64 bits per heavy atom. The van der Waals surface area contributed by atoms with Crippen LogP contribution in [0.25, 0.3) is 6.08 Å². The van der Waals surface area contributed by atoms with E-state index in [4.69, 9.17) is 5.73 Å². The molecule has 124 valence electrons. The lowest BCUT2D eigenvalue weighted by atomic mass is 10.1. The Kier molecular flexibility index (Phi) is 4.95. The number of anilines is 3. The molecule has 0 saturated carbocycles. The molecule has 0 aliphatic carbocycles. The third kappa shape index (κ3) is 3.96. The Morgan fingerprint density at radius 1 is 0.760 bits per heavy atom. The Morgan fingerprint density at radius 2 is 1.20 bits per heavy atom. The van der Waals surface area contributed by atoms with Crippen molar-refractivity contribution >= 4 is 29.0 Å². The minimum atomic E-state index is -0.403. The van der Waals surface area contributed by atoms with Crippen molar-refractivity contribution in [2.75, 3.05) is 4.90 Å². The first kappa shape index (κ1) is 16.5. The Balaban J connectivity index is 2.00. The maximum absolute atomic E-state index is 11.2. The standard InChI is InChI=1S/C22H20N2O/c1-17(22(23)25)16-18-12-14-21(15-13-18)24(19-8-4-2-5-9-19)20-10-6-3-7-11-20/h2-16H,1H3,(H2,23,25). The summed E-state index contributed by atoms with van der Waals surface area (Å²) in [5.74, 6) is -0.403. The molecule has 1 amide bonds. The number of hydrogen-bond acceptors (Lipinski definition) is 2. The number of para-hydroxylation sites is 2. The van der Waals surface area contributed by atoms with Crippen molar-refractivity contribution in [3.63, 3.8) is 0 Å². The van der Waals surface area contributed by atoms with Gasteiger partial charge in [-0.3, -0.25) is 4.79 Å². The lowest BCUT2D eigenvalue weighted by Gasteiger charge is -2.25. The average molecular weight is 328 g/mol. The number of rotatable bonds is 5. The molecule has 0 aliphatic heterocycles. The second-order valence-electron chi connectivity index (χ2n) is 5.79. The van der Waals surface area contributed by atoms with Gasteiger partial charge in [0.1, 0.15) is 0 Å². The van der Waals surface area contributed by atoms with Gasteiger partial charge in [0.15, 0.2) is 0 Å². The molecule has 0 saturated heterocycles. The number of carbonyl (C=O) groups excluding carboxylic acids is 1. The van der Waals surface area contributed by atoms with Gasteiger partial charge in [-0.25, -0.2) is 0 Å². The summed E-state index contributed by atoms with van der Waals surface area (Å²) in [6.45, 7) is 1.72. The van der Waals surface area contributed by atoms with Crippen LogP contribution in [0.2, 0.25) is 0 Å². The van der Waals surface area contributed by atoms with Crippen molar-refractivity contribution in [2.24, 2.45) is 5.73 Å². The molecule has 0 fully saturated rings. The molecule has 0 aromatic heterocycles. The molecule has 3 rings (SSSR count). The number of hydrogen-bond donors (Lipinski definition) is 1. The lowest BCUT2D eigenvalue weighted by molar-refractivity contribution is -0.114. The molecule has 2 N–H and O–H groups in total. The molecule has 3 heteroatoms. The fourth-order valence-electron chi connectivity index (χ4n) is 2.64. The predicted molar refractivity (Wildman–Crippen MR) is 104 cm³/mol. The van der Waals surface area contributed by atoms with Crippen LogP contribution in [-0.2, 0) is 4.79 Å². The molecular weight excluding hydrogens is 308 g/mol. The quantitative estimate of drug-likeness (QED) is 0.667. The number of nitrogens with zero attached hydrogens (tertiary/aromatic N) is 1. The van der Waals surface area contributed by atoms with Crippen molar-refractivity contribution in [1.82, 2.24) is 0 Å². The number of carbonyl (C=O) groups is 1. The fraction of sp³-hybridized carbons (Fsp3) is 0.0455. The molecule has 0 unspecified atom stereocenters. The van der Waals surface area contributed by atoms with E-state index in [1.54, 1.807) is 13.0 Å². The first-order chi connectivity index (χ1) is 12.1. The van der Waals surface area contributed by atoms with Crippen molar-refractivity contribution in [1.29, 1.82) is 0 Å². The minimum Gasteiger partial charge on any atom is -0.366 e. The van der Waals surface area contributed by atoms with Crippen molar-refractivity contribution < 1.29 is 4.79 Å². The second-order valence-corrected chi connectivity index (χ2v) is 5.79. The molecule has 3 nitrogen and oxygen atoms in total. The molecule has 25 heavy (non-hydrogen) atoms. The first-order valence-corrected chi connectivity index (χ1v) is 8.13. The van der Waals surface area contributed by atoms with E-state index in [2.05, 4.69) is 29.2 Å². The van der Waals surface area contributed by atoms with Crippen LogP contribution in [0.4, 0.5) is 17.1 Å². The Bertz CT molecular complexity index is 829. The summed E-state index contributed by atoms with van der Waals surface area (Å²) in [7, 11) is 0. The van der Waals surface area contributed by atoms with Crippen LogP contribution in [0.3, 0.4) is 0 Å².